The third-order valence-electron chi connectivity index (χ3n) is 3.40. The largest absolute Gasteiger partial charge is 0.350 e. The van der Waals surface area contributed by atoms with Crippen LogP contribution < -0.4 is 5.32 Å². The van der Waals surface area contributed by atoms with E-state index in [1.165, 1.54) is 17.1 Å². The molecule has 6 nitrogen and oxygen atoms in total. The number of carbonyl (C=O) groups excluding carboxylic acids is 1. The van der Waals surface area contributed by atoms with E-state index in [0.29, 0.717) is 5.56 Å². The molecule has 1 heterocycles. The minimum absolute atomic E-state index is 0.0942. The van der Waals surface area contributed by atoms with Gasteiger partial charge in [-0.1, -0.05) is 48.5 Å². The second-order valence-corrected chi connectivity index (χ2v) is 4.91. The number of nitrogens with zero attached hydrogens (tertiary/aromatic N) is 4. The van der Waals surface area contributed by atoms with Gasteiger partial charge < -0.3 is 5.32 Å². The molecule has 2 aromatic carbocycles. The molecular weight excluding hydrogens is 297 g/mol. The van der Waals surface area contributed by atoms with E-state index in [1.807, 2.05) is 30.3 Å². The van der Waals surface area contributed by atoms with Crippen molar-refractivity contribution in [1.29, 1.82) is 0 Å². The predicted octanol–water partition coefficient (Wildman–Crippen LogP) is 1.72. The van der Waals surface area contributed by atoms with Crippen LogP contribution in [0.25, 0.3) is 0 Å². The van der Waals surface area contributed by atoms with E-state index in [-0.39, 0.29) is 18.3 Å². The number of rotatable bonds is 5. The fourth-order valence-corrected chi connectivity index (χ4v) is 2.27. The van der Waals surface area contributed by atoms with E-state index in [1.54, 1.807) is 18.2 Å². The molecule has 0 bridgehead atoms. The van der Waals surface area contributed by atoms with Gasteiger partial charge in [0.1, 0.15) is 12.1 Å². The number of hydrogen-bond donors (Lipinski definition) is 1. The number of benzene rings is 2. The van der Waals surface area contributed by atoms with E-state index in [9.17, 15) is 9.18 Å². The Balaban J connectivity index is 1.80. The Hall–Kier alpha value is -3.09. The molecule has 0 aliphatic heterocycles. The lowest BCUT2D eigenvalue weighted by molar-refractivity contribution is -0.123. The zero-order valence-corrected chi connectivity index (χ0v) is 12.1. The Morgan fingerprint density at radius 3 is 2.57 bits per heavy atom. The van der Waals surface area contributed by atoms with Crippen molar-refractivity contribution in [3.63, 3.8) is 0 Å². The van der Waals surface area contributed by atoms with Gasteiger partial charge in [0.2, 0.25) is 5.91 Å². The molecule has 1 N–H and O–H groups in total. The van der Waals surface area contributed by atoms with Crippen molar-refractivity contribution in [1.82, 2.24) is 25.5 Å². The second-order valence-electron chi connectivity index (χ2n) is 4.91. The fourth-order valence-electron chi connectivity index (χ4n) is 2.27. The summed E-state index contributed by atoms with van der Waals surface area (Å²) in [5.41, 5.74) is 1.16. The number of hydrogen-bond acceptors (Lipinski definition) is 4. The molecule has 116 valence electrons. The summed E-state index contributed by atoms with van der Waals surface area (Å²) in [5.74, 6) is -0.668. The molecule has 0 fully saturated rings. The molecule has 0 saturated carbocycles. The zero-order chi connectivity index (χ0) is 16.1. The lowest BCUT2D eigenvalue weighted by Crippen LogP contribution is -2.33. The molecule has 7 heteroatoms. The second kappa shape index (κ2) is 6.78. The van der Waals surface area contributed by atoms with E-state index in [2.05, 4.69) is 20.8 Å². The van der Waals surface area contributed by atoms with Crippen LogP contribution >= 0.6 is 0 Å². The van der Waals surface area contributed by atoms with E-state index in [0.717, 1.165) is 5.56 Å². The minimum atomic E-state index is -0.710. The van der Waals surface area contributed by atoms with Crippen LogP contribution in [0, 0.1) is 5.82 Å². The topological polar surface area (TPSA) is 72.7 Å². The summed E-state index contributed by atoms with van der Waals surface area (Å²) in [4.78, 5) is 12.6. The minimum Gasteiger partial charge on any atom is -0.350 e. The van der Waals surface area contributed by atoms with Gasteiger partial charge in [-0.3, -0.25) is 4.79 Å². The van der Waals surface area contributed by atoms with Gasteiger partial charge in [0.05, 0.1) is 0 Å². The van der Waals surface area contributed by atoms with Crippen LogP contribution in [-0.4, -0.2) is 26.1 Å². The van der Waals surface area contributed by atoms with Crippen molar-refractivity contribution in [2.75, 3.05) is 0 Å². The molecule has 0 aliphatic carbocycles. The van der Waals surface area contributed by atoms with Crippen molar-refractivity contribution < 1.29 is 9.18 Å². The summed E-state index contributed by atoms with van der Waals surface area (Å²) in [6, 6.07) is 14.8. The summed E-state index contributed by atoms with van der Waals surface area (Å²) in [6.07, 6.45) is 1.38. The van der Waals surface area contributed by atoms with Crippen molar-refractivity contribution in [2.45, 2.75) is 12.6 Å². The summed E-state index contributed by atoms with van der Waals surface area (Å²) in [6.45, 7) is 0.0942. The Morgan fingerprint density at radius 1 is 1.13 bits per heavy atom. The SMILES string of the molecule is O=C(NCc1ccccc1F)C(c1ccccc1)n1cnnn1. The Kier molecular flexibility index (Phi) is 4.37. The lowest BCUT2D eigenvalue weighted by Gasteiger charge is -2.16. The van der Waals surface area contributed by atoms with Crippen molar-refractivity contribution in [2.24, 2.45) is 0 Å². The Morgan fingerprint density at radius 2 is 1.87 bits per heavy atom. The van der Waals surface area contributed by atoms with Crippen LogP contribution in [-0.2, 0) is 11.3 Å². The number of nitrogens with one attached hydrogen (secondary N) is 1. The van der Waals surface area contributed by atoms with Gasteiger partial charge in [-0.2, -0.15) is 0 Å². The summed E-state index contributed by atoms with van der Waals surface area (Å²) < 4.78 is 15.0. The first-order valence-corrected chi connectivity index (χ1v) is 7.04. The van der Waals surface area contributed by atoms with Crippen molar-refractivity contribution in [3.05, 3.63) is 77.9 Å². The highest BCUT2D eigenvalue weighted by atomic mass is 19.1. The average molecular weight is 311 g/mol. The van der Waals surface area contributed by atoms with Gasteiger partial charge in [0, 0.05) is 12.1 Å². The summed E-state index contributed by atoms with van der Waals surface area (Å²) in [7, 11) is 0. The summed E-state index contributed by atoms with van der Waals surface area (Å²) in [5, 5.41) is 13.7. The highest BCUT2D eigenvalue weighted by Gasteiger charge is 2.23. The molecule has 3 aromatic rings. The number of aromatic nitrogens is 4. The van der Waals surface area contributed by atoms with Gasteiger partial charge in [0.25, 0.3) is 0 Å². The molecule has 1 unspecified atom stereocenters. The summed E-state index contributed by atoms with van der Waals surface area (Å²) >= 11 is 0. The Bertz CT molecular complexity index is 776. The molecule has 1 atom stereocenters. The van der Waals surface area contributed by atoms with Crippen LogP contribution in [0.15, 0.2) is 60.9 Å². The van der Waals surface area contributed by atoms with Gasteiger partial charge in [-0.05, 0) is 22.1 Å². The highest BCUT2D eigenvalue weighted by molar-refractivity contribution is 5.83. The standard InChI is InChI=1S/C16H14FN5O/c17-14-9-5-4-8-13(14)10-18-16(23)15(22-11-19-20-21-22)12-6-2-1-3-7-12/h1-9,11,15H,10H2,(H,18,23). The monoisotopic (exact) mass is 311 g/mol. The van der Waals surface area contributed by atoms with Gasteiger partial charge in [0.15, 0.2) is 6.04 Å². The lowest BCUT2D eigenvalue weighted by atomic mass is 10.1. The first-order valence-electron chi connectivity index (χ1n) is 7.04. The molecule has 23 heavy (non-hydrogen) atoms. The molecule has 0 saturated heterocycles. The Labute approximate surface area is 132 Å². The molecule has 1 aromatic heterocycles. The smallest absolute Gasteiger partial charge is 0.249 e. The van der Waals surface area contributed by atoms with Crippen molar-refractivity contribution in [3.8, 4) is 0 Å². The highest BCUT2D eigenvalue weighted by Crippen LogP contribution is 2.17. The normalized spacial score (nSPS) is 11.9. The van der Waals surface area contributed by atoms with Gasteiger partial charge >= 0.3 is 0 Å². The third kappa shape index (κ3) is 3.39. The van der Waals surface area contributed by atoms with Gasteiger partial charge in [-0.15, -0.1) is 5.10 Å². The van der Waals surface area contributed by atoms with Crippen molar-refractivity contribution >= 4 is 5.91 Å². The van der Waals surface area contributed by atoms with Gasteiger partial charge in [-0.25, -0.2) is 9.07 Å². The first-order chi connectivity index (χ1) is 11.3. The molecule has 3 rings (SSSR count). The average Bonchev–Trinajstić information content (AvgIpc) is 3.09. The quantitative estimate of drug-likeness (QED) is 0.778. The van der Waals surface area contributed by atoms with Crippen LogP contribution in [0.4, 0.5) is 4.39 Å². The molecule has 0 aliphatic rings. The van der Waals surface area contributed by atoms with Crippen LogP contribution in [0.1, 0.15) is 17.2 Å². The fraction of sp³-hybridized carbons (Fsp3) is 0.125. The number of carbonyl (C=O) groups is 1. The number of halogens is 1. The first kappa shape index (κ1) is 14.8. The maximum absolute atomic E-state index is 13.6. The zero-order valence-electron chi connectivity index (χ0n) is 12.1. The molecule has 0 radical (unpaired) electrons. The van der Waals surface area contributed by atoms with E-state index in [4.69, 9.17) is 0 Å². The third-order valence-corrected chi connectivity index (χ3v) is 3.40. The van der Waals surface area contributed by atoms with E-state index >= 15 is 0 Å². The molecular formula is C16H14FN5O. The maximum atomic E-state index is 13.6. The maximum Gasteiger partial charge on any atom is 0.249 e. The molecule has 0 spiro atoms. The molecule has 1 amide bonds. The number of amides is 1. The predicted molar refractivity (Wildman–Crippen MR) is 80.6 cm³/mol. The van der Waals surface area contributed by atoms with E-state index < -0.39 is 6.04 Å². The van der Waals surface area contributed by atoms with Crippen LogP contribution in [0.5, 0.6) is 0 Å². The van der Waals surface area contributed by atoms with Crippen LogP contribution in [0.3, 0.4) is 0 Å². The van der Waals surface area contributed by atoms with Crippen LogP contribution in [0.2, 0.25) is 0 Å². The number of tetrazole rings is 1.